The van der Waals surface area contributed by atoms with Crippen molar-refractivity contribution >= 4 is 11.8 Å². The summed E-state index contributed by atoms with van der Waals surface area (Å²) in [5.41, 5.74) is 1.54. The minimum Gasteiger partial charge on any atom is -0.494 e. The number of benzene rings is 2. The van der Waals surface area contributed by atoms with E-state index in [0.717, 1.165) is 17.7 Å². The van der Waals surface area contributed by atoms with Crippen molar-refractivity contribution in [1.29, 1.82) is 0 Å². The van der Waals surface area contributed by atoms with Crippen molar-refractivity contribution in [2.45, 2.75) is 19.8 Å². The third-order valence-corrected chi connectivity index (χ3v) is 5.35. The van der Waals surface area contributed by atoms with E-state index in [1.807, 2.05) is 41.0 Å². The first-order valence-electron chi connectivity index (χ1n) is 10.3. The van der Waals surface area contributed by atoms with Crippen LogP contribution in [-0.4, -0.2) is 61.2 Å². The minimum absolute atomic E-state index is 0.0471. The molecule has 2 aromatic carbocycles. The summed E-state index contributed by atoms with van der Waals surface area (Å²) in [4.78, 5) is 29.3. The van der Waals surface area contributed by atoms with Crippen molar-refractivity contribution in [3.8, 4) is 17.2 Å². The van der Waals surface area contributed by atoms with E-state index >= 15 is 0 Å². The van der Waals surface area contributed by atoms with Gasteiger partial charge in [0.2, 0.25) is 12.7 Å². The van der Waals surface area contributed by atoms with Crippen molar-refractivity contribution in [1.82, 2.24) is 9.80 Å². The highest BCUT2D eigenvalue weighted by Gasteiger charge is 2.24. The largest absolute Gasteiger partial charge is 0.494 e. The zero-order chi connectivity index (χ0) is 20.9. The number of hydrogen-bond donors (Lipinski definition) is 0. The quantitative estimate of drug-likeness (QED) is 0.758. The molecule has 0 atom stereocenters. The normalized spacial score (nSPS) is 15.6. The molecule has 0 bridgehead atoms. The summed E-state index contributed by atoms with van der Waals surface area (Å²) in [6, 6.07) is 12.9. The van der Waals surface area contributed by atoms with Gasteiger partial charge in [0, 0.05) is 31.7 Å². The summed E-state index contributed by atoms with van der Waals surface area (Å²) in [6.07, 6.45) is 1.10. The lowest BCUT2D eigenvalue weighted by Crippen LogP contribution is -2.38. The molecule has 1 fully saturated rings. The molecule has 2 aromatic rings. The van der Waals surface area contributed by atoms with Gasteiger partial charge < -0.3 is 24.0 Å². The van der Waals surface area contributed by atoms with Gasteiger partial charge in [-0.3, -0.25) is 9.59 Å². The number of rotatable bonds is 5. The van der Waals surface area contributed by atoms with E-state index in [1.165, 1.54) is 0 Å². The van der Waals surface area contributed by atoms with Crippen LogP contribution in [0.2, 0.25) is 0 Å². The van der Waals surface area contributed by atoms with Gasteiger partial charge in [-0.2, -0.15) is 0 Å². The first kappa shape index (κ1) is 20.1. The van der Waals surface area contributed by atoms with Crippen LogP contribution in [0.5, 0.6) is 17.2 Å². The lowest BCUT2D eigenvalue weighted by atomic mass is 10.1. The van der Waals surface area contributed by atoms with Gasteiger partial charge in [-0.1, -0.05) is 12.1 Å². The van der Waals surface area contributed by atoms with Crippen LogP contribution < -0.4 is 14.2 Å². The predicted molar refractivity (Wildman–Crippen MR) is 111 cm³/mol. The van der Waals surface area contributed by atoms with Crippen LogP contribution in [0.25, 0.3) is 0 Å². The maximum Gasteiger partial charge on any atom is 0.254 e. The first-order valence-corrected chi connectivity index (χ1v) is 10.3. The van der Waals surface area contributed by atoms with Crippen LogP contribution in [0.3, 0.4) is 0 Å². The molecule has 7 heteroatoms. The number of amides is 2. The average Bonchev–Trinajstić information content (AvgIpc) is 3.09. The zero-order valence-corrected chi connectivity index (χ0v) is 17.1. The molecule has 4 rings (SSSR count). The maximum absolute atomic E-state index is 12.9. The molecule has 0 unspecified atom stereocenters. The zero-order valence-electron chi connectivity index (χ0n) is 17.1. The molecule has 2 heterocycles. The monoisotopic (exact) mass is 410 g/mol. The number of carbonyl (C=O) groups is 2. The molecule has 2 aliphatic heterocycles. The third kappa shape index (κ3) is 4.50. The Labute approximate surface area is 176 Å². The number of carbonyl (C=O) groups excluding carboxylic acids is 2. The average molecular weight is 410 g/mol. The van der Waals surface area contributed by atoms with Crippen LogP contribution in [0, 0.1) is 0 Å². The summed E-state index contributed by atoms with van der Waals surface area (Å²) >= 11 is 0. The Bertz CT molecular complexity index is 912. The van der Waals surface area contributed by atoms with Crippen molar-refractivity contribution in [3.05, 3.63) is 53.6 Å². The second kappa shape index (κ2) is 9.07. The van der Waals surface area contributed by atoms with Crippen LogP contribution in [0.4, 0.5) is 0 Å². The highest BCUT2D eigenvalue weighted by Crippen LogP contribution is 2.32. The Kier molecular flexibility index (Phi) is 6.07. The van der Waals surface area contributed by atoms with E-state index in [1.54, 1.807) is 18.2 Å². The van der Waals surface area contributed by atoms with Gasteiger partial charge in [-0.05, 0) is 49.2 Å². The van der Waals surface area contributed by atoms with Crippen molar-refractivity contribution in [3.63, 3.8) is 0 Å². The summed E-state index contributed by atoms with van der Waals surface area (Å²) in [7, 11) is 0. The Hall–Kier alpha value is -3.22. The van der Waals surface area contributed by atoms with Crippen molar-refractivity contribution < 1.29 is 23.8 Å². The summed E-state index contributed by atoms with van der Waals surface area (Å²) in [6.45, 7) is 5.07. The Balaban J connectivity index is 1.34. The SMILES string of the molecule is CCOc1ccc(CC(=O)N2CCCN(C(=O)c3ccc4c(c3)OCO4)CC2)cc1. The standard InChI is InChI=1S/C23H26N2O5/c1-2-28-19-7-4-17(5-8-19)14-22(26)24-10-3-11-25(13-12-24)23(27)18-6-9-20-21(15-18)30-16-29-20/h4-9,15H,2-3,10-14,16H2,1H3. The van der Waals surface area contributed by atoms with E-state index in [-0.39, 0.29) is 18.6 Å². The summed E-state index contributed by atoms with van der Waals surface area (Å²) in [5, 5.41) is 0. The summed E-state index contributed by atoms with van der Waals surface area (Å²) in [5.74, 6) is 2.10. The van der Waals surface area contributed by atoms with Crippen LogP contribution >= 0.6 is 0 Å². The smallest absolute Gasteiger partial charge is 0.254 e. The Morgan fingerprint density at radius 1 is 0.933 bits per heavy atom. The highest BCUT2D eigenvalue weighted by molar-refractivity contribution is 5.95. The Morgan fingerprint density at radius 3 is 2.47 bits per heavy atom. The topological polar surface area (TPSA) is 68.3 Å². The van der Waals surface area contributed by atoms with Gasteiger partial charge in [0.25, 0.3) is 5.91 Å². The fraction of sp³-hybridized carbons (Fsp3) is 0.391. The minimum atomic E-state index is -0.0471. The fourth-order valence-electron chi connectivity index (χ4n) is 3.74. The second-order valence-corrected chi connectivity index (χ2v) is 7.35. The van der Waals surface area contributed by atoms with Crippen LogP contribution in [0.15, 0.2) is 42.5 Å². The van der Waals surface area contributed by atoms with Gasteiger partial charge in [-0.15, -0.1) is 0 Å². The molecular formula is C23H26N2O5. The van der Waals surface area contributed by atoms with Crippen molar-refractivity contribution in [2.75, 3.05) is 39.6 Å². The molecule has 158 valence electrons. The lowest BCUT2D eigenvalue weighted by Gasteiger charge is -2.22. The molecule has 1 saturated heterocycles. The van der Waals surface area contributed by atoms with Crippen molar-refractivity contribution in [2.24, 2.45) is 0 Å². The van der Waals surface area contributed by atoms with E-state index in [2.05, 4.69) is 0 Å². The molecule has 0 saturated carbocycles. The number of nitrogens with zero attached hydrogens (tertiary/aromatic N) is 2. The molecule has 0 aliphatic carbocycles. The van der Waals surface area contributed by atoms with Crippen LogP contribution in [0.1, 0.15) is 29.3 Å². The van der Waals surface area contributed by atoms with Gasteiger partial charge in [-0.25, -0.2) is 0 Å². The number of hydrogen-bond acceptors (Lipinski definition) is 5. The predicted octanol–water partition coefficient (Wildman–Crippen LogP) is 2.73. The lowest BCUT2D eigenvalue weighted by molar-refractivity contribution is -0.130. The molecule has 30 heavy (non-hydrogen) atoms. The molecule has 2 aliphatic rings. The number of ether oxygens (including phenoxy) is 3. The van der Waals surface area contributed by atoms with Gasteiger partial charge in [0.05, 0.1) is 13.0 Å². The molecule has 2 amide bonds. The second-order valence-electron chi connectivity index (χ2n) is 7.35. The third-order valence-electron chi connectivity index (χ3n) is 5.35. The molecule has 0 spiro atoms. The molecular weight excluding hydrogens is 384 g/mol. The van der Waals surface area contributed by atoms with E-state index in [9.17, 15) is 9.59 Å². The van der Waals surface area contributed by atoms with Gasteiger partial charge in [0.1, 0.15) is 5.75 Å². The first-order chi connectivity index (χ1) is 14.6. The fourth-order valence-corrected chi connectivity index (χ4v) is 3.74. The molecule has 0 radical (unpaired) electrons. The summed E-state index contributed by atoms with van der Waals surface area (Å²) < 4.78 is 16.1. The number of fused-ring (bicyclic) bond motifs is 1. The molecule has 7 nitrogen and oxygen atoms in total. The van der Waals surface area contributed by atoms with Gasteiger partial charge in [0.15, 0.2) is 11.5 Å². The van der Waals surface area contributed by atoms with E-state index in [4.69, 9.17) is 14.2 Å². The van der Waals surface area contributed by atoms with E-state index < -0.39 is 0 Å². The van der Waals surface area contributed by atoms with Gasteiger partial charge >= 0.3 is 0 Å². The molecule has 0 aromatic heterocycles. The maximum atomic E-state index is 12.9. The molecule has 0 N–H and O–H groups in total. The highest BCUT2D eigenvalue weighted by atomic mass is 16.7. The Morgan fingerprint density at radius 2 is 1.67 bits per heavy atom. The van der Waals surface area contributed by atoms with Crippen LogP contribution in [-0.2, 0) is 11.2 Å². The van der Waals surface area contributed by atoms with E-state index in [0.29, 0.717) is 56.3 Å².